The van der Waals surface area contributed by atoms with E-state index in [0.29, 0.717) is 13.0 Å². The molecule has 1 atom stereocenters. The van der Waals surface area contributed by atoms with Crippen molar-refractivity contribution < 1.29 is 9.90 Å². The lowest BCUT2D eigenvalue weighted by atomic mass is 10.1. The van der Waals surface area contributed by atoms with Gasteiger partial charge in [0.15, 0.2) is 0 Å². The summed E-state index contributed by atoms with van der Waals surface area (Å²) < 4.78 is 1.03. The van der Waals surface area contributed by atoms with Gasteiger partial charge < -0.3 is 15.7 Å². The number of rotatable bonds is 5. The Kier molecular flexibility index (Phi) is 6.15. The number of amides is 2. The van der Waals surface area contributed by atoms with Gasteiger partial charge in [0.2, 0.25) is 0 Å². The molecule has 18 heavy (non-hydrogen) atoms. The molecule has 0 bridgehead atoms. The Bertz CT molecular complexity index is 410. The van der Waals surface area contributed by atoms with E-state index in [4.69, 9.17) is 5.11 Å². The fourth-order valence-corrected chi connectivity index (χ4v) is 2.05. The van der Waals surface area contributed by atoms with Crippen LogP contribution in [0.3, 0.4) is 0 Å². The minimum atomic E-state index is -0.210. The number of aryl methyl sites for hydroxylation is 1. The molecule has 0 aromatic heterocycles. The monoisotopic (exact) mass is 314 g/mol. The normalized spacial score (nSPS) is 12.0. The van der Waals surface area contributed by atoms with Gasteiger partial charge in [0, 0.05) is 23.7 Å². The summed E-state index contributed by atoms with van der Waals surface area (Å²) in [5, 5.41) is 14.3. The van der Waals surface area contributed by atoms with Crippen LogP contribution < -0.4 is 10.6 Å². The summed E-state index contributed by atoms with van der Waals surface area (Å²) >= 11 is 3.40. The molecule has 5 heteroatoms. The number of urea groups is 1. The van der Waals surface area contributed by atoms with Gasteiger partial charge in [-0.15, -0.1) is 0 Å². The highest BCUT2D eigenvalue weighted by molar-refractivity contribution is 9.10. The van der Waals surface area contributed by atoms with Gasteiger partial charge in [-0.05, 0) is 43.5 Å². The highest BCUT2D eigenvalue weighted by atomic mass is 79.9. The predicted octanol–water partition coefficient (Wildman–Crippen LogP) is 2.33. The second-order valence-electron chi connectivity index (χ2n) is 4.31. The average molecular weight is 315 g/mol. The van der Waals surface area contributed by atoms with Gasteiger partial charge in [-0.1, -0.05) is 22.0 Å². The highest BCUT2D eigenvalue weighted by Gasteiger charge is 2.06. The number of carbonyl (C=O) groups excluding carboxylic acids is 1. The van der Waals surface area contributed by atoms with E-state index in [2.05, 4.69) is 26.6 Å². The SMILES string of the molecule is Cc1cc(Br)ccc1CNC(=O)N[C@H](C)CCO. The van der Waals surface area contributed by atoms with E-state index >= 15 is 0 Å². The molecule has 0 aliphatic carbocycles. The van der Waals surface area contributed by atoms with Crippen molar-refractivity contribution in [3.63, 3.8) is 0 Å². The van der Waals surface area contributed by atoms with Gasteiger partial charge in [-0.3, -0.25) is 0 Å². The Labute approximate surface area is 116 Å². The van der Waals surface area contributed by atoms with Crippen LogP contribution in [0.25, 0.3) is 0 Å². The van der Waals surface area contributed by atoms with Gasteiger partial charge in [-0.2, -0.15) is 0 Å². The fraction of sp³-hybridized carbons (Fsp3) is 0.462. The quantitative estimate of drug-likeness (QED) is 0.781. The van der Waals surface area contributed by atoms with Crippen molar-refractivity contribution in [2.24, 2.45) is 0 Å². The standard InChI is InChI=1S/C13H19BrN2O2/c1-9-7-12(14)4-3-11(9)8-15-13(18)16-10(2)5-6-17/h3-4,7,10,17H,5-6,8H2,1-2H3,(H2,15,16,18)/t10-/m1/s1. The second-order valence-corrected chi connectivity index (χ2v) is 5.23. The number of hydrogen-bond acceptors (Lipinski definition) is 2. The van der Waals surface area contributed by atoms with Crippen LogP contribution in [-0.4, -0.2) is 23.8 Å². The Morgan fingerprint density at radius 2 is 2.22 bits per heavy atom. The molecule has 0 heterocycles. The Morgan fingerprint density at radius 1 is 1.50 bits per heavy atom. The number of aliphatic hydroxyl groups excluding tert-OH is 1. The first-order chi connectivity index (χ1) is 8.52. The molecular weight excluding hydrogens is 296 g/mol. The van der Waals surface area contributed by atoms with Crippen LogP contribution in [0.1, 0.15) is 24.5 Å². The molecule has 0 fully saturated rings. The molecule has 0 aliphatic heterocycles. The molecule has 0 unspecified atom stereocenters. The molecule has 0 radical (unpaired) electrons. The van der Waals surface area contributed by atoms with Crippen LogP contribution in [0.2, 0.25) is 0 Å². The molecule has 2 amide bonds. The molecule has 3 N–H and O–H groups in total. The predicted molar refractivity (Wildman–Crippen MR) is 75.4 cm³/mol. The smallest absolute Gasteiger partial charge is 0.315 e. The van der Waals surface area contributed by atoms with Crippen molar-refractivity contribution in [1.29, 1.82) is 0 Å². The number of benzene rings is 1. The van der Waals surface area contributed by atoms with Crippen LogP contribution in [0.5, 0.6) is 0 Å². The Balaban J connectivity index is 2.42. The molecule has 1 rings (SSSR count). The van der Waals surface area contributed by atoms with Crippen molar-refractivity contribution in [1.82, 2.24) is 10.6 Å². The molecular formula is C13H19BrN2O2. The number of aliphatic hydroxyl groups is 1. The topological polar surface area (TPSA) is 61.4 Å². The first-order valence-electron chi connectivity index (χ1n) is 5.93. The van der Waals surface area contributed by atoms with E-state index in [9.17, 15) is 4.79 Å². The summed E-state index contributed by atoms with van der Waals surface area (Å²) in [5.74, 6) is 0. The summed E-state index contributed by atoms with van der Waals surface area (Å²) in [6.07, 6.45) is 0.560. The summed E-state index contributed by atoms with van der Waals surface area (Å²) in [6.45, 7) is 4.44. The third kappa shape index (κ3) is 5.06. The van der Waals surface area contributed by atoms with Crippen molar-refractivity contribution in [2.75, 3.05) is 6.61 Å². The maximum absolute atomic E-state index is 11.6. The van der Waals surface area contributed by atoms with E-state index < -0.39 is 0 Å². The van der Waals surface area contributed by atoms with E-state index in [1.165, 1.54) is 0 Å². The summed E-state index contributed by atoms with van der Waals surface area (Å²) in [6, 6.07) is 5.72. The van der Waals surface area contributed by atoms with Gasteiger partial charge >= 0.3 is 6.03 Å². The Hall–Kier alpha value is -1.07. The first kappa shape index (κ1) is 15.0. The maximum Gasteiger partial charge on any atom is 0.315 e. The molecule has 0 saturated carbocycles. The third-order valence-electron chi connectivity index (χ3n) is 2.68. The van der Waals surface area contributed by atoms with E-state index in [1.54, 1.807) is 0 Å². The van der Waals surface area contributed by atoms with Crippen LogP contribution in [0, 0.1) is 6.92 Å². The van der Waals surface area contributed by atoms with Crippen LogP contribution in [0.4, 0.5) is 4.79 Å². The highest BCUT2D eigenvalue weighted by Crippen LogP contribution is 2.15. The van der Waals surface area contributed by atoms with Crippen LogP contribution in [-0.2, 0) is 6.54 Å². The van der Waals surface area contributed by atoms with E-state index in [-0.39, 0.29) is 18.7 Å². The Morgan fingerprint density at radius 3 is 2.83 bits per heavy atom. The zero-order valence-electron chi connectivity index (χ0n) is 10.7. The van der Waals surface area contributed by atoms with Crippen molar-refractivity contribution in [3.05, 3.63) is 33.8 Å². The number of nitrogens with one attached hydrogen (secondary N) is 2. The zero-order chi connectivity index (χ0) is 13.5. The minimum absolute atomic E-state index is 0.0268. The van der Waals surface area contributed by atoms with Gasteiger partial charge in [-0.25, -0.2) is 4.79 Å². The van der Waals surface area contributed by atoms with Gasteiger partial charge in [0.1, 0.15) is 0 Å². The minimum Gasteiger partial charge on any atom is -0.396 e. The summed E-state index contributed by atoms with van der Waals surface area (Å²) in [4.78, 5) is 11.6. The number of halogens is 1. The lowest BCUT2D eigenvalue weighted by Crippen LogP contribution is -2.40. The van der Waals surface area contributed by atoms with E-state index in [1.807, 2.05) is 32.0 Å². The van der Waals surface area contributed by atoms with Crippen molar-refractivity contribution in [2.45, 2.75) is 32.9 Å². The first-order valence-corrected chi connectivity index (χ1v) is 6.72. The van der Waals surface area contributed by atoms with Crippen molar-refractivity contribution in [3.8, 4) is 0 Å². The van der Waals surface area contributed by atoms with Gasteiger partial charge in [0.25, 0.3) is 0 Å². The molecule has 0 saturated heterocycles. The average Bonchev–Trinajstić information content (AvgIpc) is 2.28. The van der Waals surface area contributed by atoms with E-state index in [0.717, 1.165) is 15.6 Å². The lowest BCUT2D eigenvalue weighted by Gasteiger charge is -2.14. The molecule has 1 aromatic rings. The molecule has 0 aliphatic rings. The summed E-state index contributed by atoms with van der Waals surface area (Å²) in [5.41, 5.74) is 2.22. The molecule has 1 aromatic carbocycles. The fourth-order valence-electron chi connectivity index (χ4n) is 1.57. The number of carbonyl (C=O) groups is 1. The lowest BCUT2D eigenvalue weighted by molar-refractivity contribution is 0.230. The van der Waals surface area contributed by atoms with Crippen LogP contribution in [0.15, 0.2) is 22.7 Å². The third-order valence-corrected chi connectivity index (χ3v) is 3.18. The zero-order valence-corrected chi connectivity index (χ0v) is 12.3. The molecule has 4 nitrogen and oxygen atoms in total. The summed E-state index contributed by atoms with van der Waals surface area (Å²) in [7, 11) is 0. The maximum atomic E-state index is 11.6. The molecule has 100 valence electrons. The van der Waals surface area contributed by atoms with Gasteiger partial charge in [0.05, 0.1) is 0 Å². The van der Waals surface area contributed by atoms with Crippen LogP contribution >= 0.6 is 15.9 Å². The largest absolute Gasteiger partial charge is 0.396 e. The van der Waals surface area contributed by atoms with Crippen molar-refractivity contribution >= 4 is 22.0 Å². The molecule has 0 spiro atoms. The second kappa shape index (κ2) is 7.38. The number of hydrogen-bond donors (Lipinski definition) is 3.